The molecule has 0 bridgehead atoms. The van der Waals surface area contributed by atoms with E-state index >= 15 is 0 Å². The van der Waals surface area contributed by atoms with Crippen LogP contribution < -0.4 is 159 Å². The van der Waals surface area contributed by atoms with Crippen molar-refractivity contribution in [3.05, 3.63) is 4.72 Å². The smallest absolute Gasteiger partial charge is 0.960 e. The van der Waals surface area contributed by atoms with E-state index in [4.69, 9.17) is 22.3 Å². The van der Waals surface area contributed by atoms with Crippen molar-refractivity contribution in [2.75, 3.05) is 18.1 Å². The Hall–Kier alpha value is 3.49. The van der Waals surface area contributed by atoms with Gasteiger partial charge in [-0.1, -0.05) is 252 Å². The molecule has 0 spiro atoms. The van der Waals surface area contributed by atoms with Gasteiger partial charge in [-0.3, -0.25) is 14.4 Å². The first kappa shape index (κ1) is 77.0. The number of carbonyl (C=O) groups excluding carboxylic acids is 4. The molecule has 0 aromatic heterocycles. The molecule has 2 amide bonds. The van der Waals surface area contributed by atoms with Crippen molar-refractivity contribution in [3.63, 3.8) is 0 Å². The molecular formula is C54H102K3N2O6S2+. The number of hydrogen-bond donors (Lipinski definition) is 1. The predicted octanol–water partition coefficient (Wildman–Crippen LogP) is 7.48. The third-order valence-corrected chi connectivity index (χ3v) is 13.9. The molecule has 0 aliphatic rings. The fraction of sp³-hybridized carbons (Fsp3) is 0.926. The summed E-state index contributed by atoms with van der Waals surface area (Å²) in [5.41, 5.74) is 0. The van der Waals surface area contributed by atoms with Gasteiger partial charge in [0, 0.05) is 30.8 Å². The van der Waals surface area contributed by atoms with E-state index in [1.807, 2.05) is 0 Å². The molecule has 0 fully saturated rings. The summed E-state index contributed by atoms with van der Waals surface area (Å²) in [6, 6.07) is -0.850. The van der Waals surface area contributed by atoms with Gasteiger partial charge in [0.2, 0.25) is 5.91 Å². The maximum Gasteiger partial charge on any atom is 1.00 e. The maximum atomic E-state index is 13.0. The first-order chi connectivity index (χ1) is 31.4. The molecule has 8 nitrogen and oxygen atoms in total. The largest absolute Gasteiger partial charge is 1.00 e. The van der Waals surface area contributed by atoms with Crippen LogP contribution in [0.25, 0.3) is 4.72 Å². The molecule has 0 rings (SSSR count). The van der Waals surface area contributed by atoms with Crippen molar-refractivity contribution in [2.24, 2.45) is 0 Å². The second kappa shape index (κ2) is 63.8. The molecule has 0 saturated carbocycles. The van der Waals surface area contributed by atoms with Gasteiger partial charge in [-0.2, -0.15) is 11.8 Å². The van der Waals surface area contributed by atoms with Crippen LogP contribution >= 0.6 is 11.8 Å². The first-order valence-corrected chi connectivity index (χ1v) is 29.0. The molecule has 67 heavy (non-hydrogen) atoms. The van der Waals surface area contributed by atoms with Crippen LogP contribution in [0.15, 0.2) is 0 Å². The molecule has 13 heteroatoms. The topological polar surface area (TPSA) is 113 Å². The first-order valence-electron chi connectivity index (χ1n) is 27.5. The van der Waals surface area contributed by atoms with Crippen LogP contribution in [-0.2, 0) is 41.5 Å². The van der Waals surface area contributed by atoms with Crippen LogP contribution in [0.1, 0.15) is 290 Å². The minimum absolute atomic E-state index is 0. The van der Waals surface area contributed by atoms with Crippen molar-refractivity contribution < 1.29 is 183 Å². The van der Waals surface area contributed by atoms with Gasteiger partial charge in [-0.25, -0.2) is 0 Å². The van der Waals surface area contributed by atoms with E-state index in [0.29, 0.717) is 25.0 Å². The average Bonchev–Trinajstić information content (AvgIpc) is 3.29. The van der Waals surface area contributed by atoms with Gasteiger partial charge in [-0.15, -0.1) is 0 Å². The van der Waals surface area contributed by atoms with E-state index in [2.05, 4.69) is 30.8 Å². The molecule has 0 aliphatic heterocycles. The second-order valence-electron chi connectivity index (χ2n) is 18.9. The Balaban J connectivity index is -0.00000661. The molecule has 0 saturated heterocycles. The van der Waals surface area contributed by atoms with Crippen molar-refractivity contribution in [1.29, 1.82) is 0 Å². The third-order valence-electron chi connectivity index (χ3n) is 12.5. The van der Waals surface area contributed by atoms with Gasteiger partial charge in [0.1, 0.15) is 12.7 Å². The van der Waals surface area contributed by atoms with Gasteiger partial charge >= 0.3 is 166 Å². The van der Waals surface area contributed by atoms with Crippen molar-refractivity contribution in [3.8, 4) is 0 Å². The zero-order chi connectivity index (χ0) is 46.8. The van der Waals surface area contributed by atoms with Gasteiger partial charge in [0.15, 0.2) is 0 Å². The molecule has 0 aromatic carbocycles. The summed E-state index contributed by atoms with van der Waals surface area (Å²) in [6.07, 6.45) is 48.7. The van der Waals surface area contributed by atoms with Crippen LogP contribution in [-0.4, -0.2) is 54.0 Å². The Kier molecular flexibility index (Phi) is 73.3. The number of unbranched alkanes of at least 4 members (excludes halogenated alkanes) is 36. The van der Waals surface area contributed by atoms with Crippen LogP contribution in [0, 0.1) is 0 Å². The maximum absolute atomic E-state index is 13.0. The molecular weight excluding hydrogens is 954 g/mol. The van der Waals surface area contributed by atoms with E-state index in [1.165, 1.54) is 204 Å². The molecule has 378 valence electrons. The van der Waals surface area contributed by atoms with Gasteiger partial charge in [-0.05, 0) is 19.3 Å². The monoisotopic (exact) mass is 1060 g/mol. The Morgan fingerprint density at radius 2 is 0.731 bits per heavy atom. The molecule has 0 unspecified atom stereocenters. The number of carbonyl (C=O) groups is 4. The normalized spacial score (nSPS) is 11.7. The van der Waals surface area contributed by atoms with E-state index in [-0.39, 0.29) is 184 Å². The summed E-state index contributed by atoms with van der Waals surface area (Å²) in [5, 5.41) is 2.84. The van der Waals surface area contributed by atoms with Gasteiger partial charge in [0.25, 0.3) is 0 Å². The molecule has 0 heterocycles. The Morgan fingerprint density at radius 3 is 1.06 bits per heavy atom. The van der Waals surface area contributed by atoms with Gasteiger partial charge in [0.05, 0.1) is 11.9 Å². The SMILES string of the molecule is CCCCCCCCCCCCCCCC(=O)N[C@@H](CSC[C@H](COC(=O)CCCCCCCCCCCCCCC)OC(=O)CCCCCCCCCCCCCCC)C(=O)[N-][S-].[K+].[K+].[K+]. The zero-order valence-corrected chi connectivity index (χ0v) is 56.2. The van der Waals surface area contributed by atoms with E-state index in [9.17, 15) is 19.2 Å². The quantitative estimate of drug-likeness (QED) is 0.0289. The number of nitrogens with one attached hydrogen (secondary N) is 1. The second-order valence-corrected chi connectivity index (χ2v) is 20.1. The van der Waals surface area contributed by atoms with Crippen LogP contribution in [0.2, 0.25) is 0 Å². The van der Waals surface area contributed by atoms with Crippen LogP contribution in [0.3, 0.4) is 0 Å². The number of ether oxygens (including phenoxy) is 2. The molecule has 1 N–H and O–H groups in total. The summed E-state index contributed by atoms with van der Waals surface area (Å²) in [7, 11) is 0. The number of rotatable bonds is 51. The van der Waals surface area contributed by atoms with Crippen molar-refractivity contribution in [2.45, 2.75) is 303 Å². The average molecular weight is 1060 g/mol. The summed E-state index contributed by atoms with van der Waals surface area (Å²) >= 11 is 6.09. The Bertz CT molecular complexity index is 1070. The minimum Gasteiger partial charge on any atom is -0.960 e. The summed E-state index contributed by atoms with van der Waals surface area (Å²) < 4.78 is 14.9. The molecule has 0 radical (unpaired) electrons. The van der Waals surface area contributed by atoms with E-state index < -0.39 is 18.1 Å². The number of nitrogens with zero attached hydrogens (tertiary/aromatic N) is 1. The van der Waals surface area contributed by atoms with Crippen molar-refractivity contribution in [1.82, 2.24) is 5.32 Å². The number of hydrogen-bond acceptors (Lipinski definition) is 8. The van der Waals surface area contributed by atoms with E-state index in [1.54, 1.807) is 0 Å². The summed E-state index contributed by atoms with van der Waals surface area (Å²) in [4.78, 5) is 51.1. The van der Waals surface area contributed by atoms with E-state index in [0.717, 1.165) is 57.8 Å². The zero-order valence-electron chi connectivity index (χ0n) is 45.2. The predicted molar refractivity (Wildman–Crippen MR) is 277 cm³/mol. The van der Waals surface area contributed by atoms with Crippen LogP contribution in [0.5, 0.6) is 0 Å². The summed E-state index contributed by atoms with van der Waals surface area (Å²) in [6.45, 7) is 6.75. The standard InChI is InChI=1S/C54H102N2O6S2.3K/c1-4-7-10-13-16-19-22-25-28-31-34-37-40-43-51(57)55-50(54(60)56-63)48-64-47-49(62-53(59)45-42-39-36-33-30-27-24-21-18-15-12-9-6-3)46-61-52(58)44-41-38-35-32-29-26-23-20-17-14-11-8-5-2;;;/h49-50H,4-48H2,1-3H3,(H-2,55,56,57,60,63);;;/q-2;3*+1/t49-,50-;;;/m0.../s1. The number of esters is 2. The van der Waals surface area contributed by atoms with Gasteiger partial charge < -0.3 is 37.1 Å². The van der Waals surface area contributed by atoms with Crippen LogP contribution in [0.4, 0.5) is 0 Å². The Labute approximate surface area is 552 Å². The molecule has 0 aromatic rings. The number of amides is 2. The fourth-order valence-electron chi connectivity index (χ4n) is 8.32. The third kappa shape index (κ3) is 58.6. The number of thioether (sulfide) groups is 1. The van der Waals surface area contributed by atoms with Crippen molar-refractivity contribution >= 4 is 48.3 Å². The summed E-state index contributed by atoms with van der Waals surface area (Å²) in [5.74, 6) is -0.732. The fourth-order valence-corrected chi connectivity index (χ4v) is 9.47. The minimum atomic E-state index is -0.850. The Morgan fingerprint density at radius 1 is 0.433 bits per heavy atom. The molecule has 2 atom stereocenters. The molecule has 0 aliphatic carbocycles.